The van der Waals surface area contributed by atoms with Gasteiger partial charge in [0.05, 0.1) is 17.1 Å². The van der Waals surface area contributed by atoms with Crippen molar-refractivity contribution in [2.75, 3.05) is 32.1 Å². The summed E-state index contributed by atoms with van der Waals surface area (Å²) in [6, 6.07) is 6.93. The van der Waals surface area contributed by atoms with Crippen molar-refractivity contribution in [3.8, 4) is 5.75 Å². The Bertz CT molecular complexity index is 930. The number of allylic oxidation sites excluding steroid dienone is 1. The van der Waals surface area contributed by atoms with Crippen molar-refractivity contribution in [3.63, 3.8) is 0 Å². The van der Waals surface area contributed by atoms with Gasteiger partial charge in [-0.1, -0.05) is 11.6 Å². The van der Waals surface area contributed by atoms with Gasteiger partial charge >= 0.3 is 0 Å². The summed E-state index contributed by atoms with van der Waals surface area (Å²) in [5.74, 6) is 2.00. The van der Waals surface area contributed by atoms with Gasteiger partial charge in [-0.25, -0.2) is 9.97 Å². The van der Waals surface area contributed by atoms with Gasteiger partial charge in [0.15, 0.2) is 0 Å². The molecule has 1 aromatic heterocycles. The minimum Gasteiger partial charge on any atom is -0.462 e. The molecule has 4 rings (SSSR count). The van der Waals surface area contributed by atoms with Crippen molar-refractivity contribution < 1.29 is 9.53 Å². The van der Waals surface area contributed by atoms with E-state index in [0.29, 0.717) is 34.5 Å². The maximum Gasteiger partial charge on any atom is 0.261 e. The number of fused-ring (bicyclic) bond motifs is 1. The number of carbonyl (C=O) groups excluding carboxylic acids is 1. The van der Waals surface area contributed by atoms with Gasteiger partial charge in [0, 0.05) is 35.9 Å². The summed E-state index contributed by atoms with van der Waals surface area (Å²) in [5, 5.41) is 0.531. The monoisotopic (exact) mass is 460 g/mol. The molecule has 31 heavy (non-hydrogen) atoms. The first-order valence-corrected chi connectivity index (χ1v) is 11.6. The highest BCUT2D eigenvalue weighted by Gasteiger charge is 2.26. The number of hydrogen-bond donors (Lipinski definition) is 0. The summed E-state index contributed by atoms with van der Waals surface area (Å²) in [4.78, 5) is 26.1. The van der Waals surface area contributed by atoms with Crippen LogP contribution in [0.5, 0.6) is 5.75 Å². The van der Waals surface area contributed by atoms with Gasteiger partial charge in [-0.3, -0.25) is 4.79 Å². The number of piperidine rings is 1. The normalized spacial score (nSPS) is 17.7. The molecule has 0 bridgehead atoms. The fourth-order valence-corrected chi connectivity index (χ4v) is 4.50. The largest absolute Gasteiger partial charge is 0.462 e. The number of benzene rings is 1. The topological polar surface area (TPSA) is 58.6 Å². The second kappa shape index (κ2) is 10.4. The lowest BCUT2D eigenvalue weighted by Gasteiger charge is -2.31. The van der Waals surface area contributed by atoms with Crippen molar-refractivity contribution in [2.24, 2.45) is 0 Å². The first kappa shape index (κ1) is 22.1. The predicted molar refractivity (Wildman–Crippen MR) is 122 cm³/mol. The van der Waals surface area contributed by atoms with Gasteiger partial charge in [0.25, 0.3) is 5.91 Å². The van der Waals surface area contributed by atoms with E-state index in [0.717, 1.165) is 51.1 Å². The van der Waals surface area contributed by atoms with E-state index >= 15 is 0 Å². The van der Waals surface area contributed by atoms with Crippen LogP contribution in [0.2, 0.25) is 5.02 Å². The SMILES string of the molecule is O=C1c2ccc(Cl)cc2OC=C(CCl)N1CCCCN1CCC(c2ncccn2)CC1. The van der Waals surface area contributed by atoms with Crippen LogP contribution in [-0.2, 0) is 0 Å². The summed E-state index contributed by atoms with van der Waals surface area (Å²) < 4.78 is 5.67. The Balaban J connectivity index is 1.27. The van der Waals surface area contributed by atoms with Crippen LogP contribution in [0.1, 0.15) is 47.8 Å². The van der Waals surface area contributed by atoms with E-state index < -0.39 is 0 Å². The maximum absolute atomic E-state index is 13.1. The zero-order valence-electron chi connectivity index (χ0n) is 17.3. The van der Waals surface area contributed by atoms with E-state index in [4.69, 9.17) is 27.9 Å². The van der Waals surface area contributed by atoms with Crippen LogP contribution in [0.4, 0.5) is 0 Å². The van der Waals surface area contributed by atoms with Crippen LogP contribution in [-0.4, -0.2) is 57.7 Å². The van der Waals surface area contributed by atoms with E-state index in [9.17, 15) is 4.79 Å². The smallest absolute Gasteiger partial charge is 0.261 e. The molecule has 1 saturated heterocycles. The molecular weight excluding hydrogens is 435 g/mol. The number of halogens is 2. The maximum atomic E-state index is 13.1. The molecule has 0 saturated carbocycles. The number of nitrogens with zero attached hydrogens (tertiary/aromatic N) is 4. The minimum atomic E-state index is -0.0975. The Morgan fingerprint density at radius 3 is 2.58 bits per heavy atom. The fourth-order valence-electron chi connectivity index (χ4n) is 4.13. The number of hydrogen-bond acceptors (Lipinski definition) is 5. The van der Waals surface area contributed by atoms with E-state index in [1.54, 1.807) is 29.4 Å². The van der Waals surface area contributed by atoms with Crippen molar-refractivity contribution in [1.82, 2.24) is 19.8 Å². The number of ether oxygens (including phenoxy) is 1. The highest BCUT2D eigenvalue weighted by Crippen LogP contribution is 2.30. The molecule has 0 N–H and O–H groups in total. The molecule has 0 aliphatic carbocycles. The molecule has 0 unspecified atom stereocenters. The quantitative estimate of drug-likeness (QED) is 0.442. The van der Waals surface area contributed by atoms with Crippen molar-refractivity contribution in [1.29, 1.82) is 0 Å². The van der Waals surface area contributed by atoms with E-state index in [1.165, 1.54) is 0 Å². The first-order valence-electron chi connectivity index (χ1n) is 10.7. The third kappa shape index (κ3) is 5.37. The number of aromatic nitrogens is 2. The molecular formula is C23H26Cl2N4O2. The molecule has 2 aliphatic heterocycles. The molecule has 2 aliphatic rings. The fraction of sp³-hybridized carbons (Fsp3) is 0.435. The van der Waals surface area contributed by atoms with Crippen LogP contribution in [0.25, 0.3) is 0 Å². The van der Waals surface area contributed by atoms with Gasteiger partial charge in [-0.05, 0) is 63.5 Å². The molecule has 1 fully saturated rings. The number of carbonyl (C=O) groups is 1. The summed E-state index contributed by atoms with van der Waals surface area (Å²) in [6.45, 7) is 3.74. The summed E-state index contributed by atoms with van der Waals surface area (Å²) in [7, 11) is 0. The van der Waals surface area contributed by atoms with Crippen LogP contribution in [0, 0.1) is 0 Å². The Hall–Kier alpha value is -2.15. The molecule has 0 spiro atoms. The number of unbranched alkanes of at least 4 members (excludes halogenated alkanes) is 1. The molecule has 0 radical (unpaired) electrons. The third-order valence-corrected chi connectivity index (χ3v) is 6.38. The second-order valence-corrected chi connectivity index (χ2v) is 8.59. The zero-order chi connectivity index (χ0) is 21.6. The average molecular weight is 461 g/mol. The standard InChI is InChI=1S/C23H26Cl2N4O2/c24-15-19-16-31-21-14-18(25)4-5-20(21)23(30)29(19)11-2-1-10-28-12-6-17(7-13-28)22-26-8-3-9-27-22/h3-5,8-9,14,16-17H,1-2,6-7,10-13,15H2. The van der Waals surface area contributed by atoms with Crippen LogP contribution < -0.4 is 4.74 Å². The predicted octanol–water partition coefficient (Wildman–Crippen LogP) is 4.70. The Morgan fingerprint density at radius 2 is 1.84 bits per heavy atom. The van der Waals surface area contributed by atoms with Gasteiger partial charge in [-0.2, -0.15) is 0 Å². The molecule has 6 nitrogen and oxygen atoms in total. The summed E-state index contributed by atoms with van der Waals surface area (Å²) in [6.07, 6.45) is 9.28. The number of rotatable bonds is 7. The first-order chi connectivity index (χ1) is 15.2. The third-order valence-electron chi connectivity index (χ3n) is 5.87. The lowest BCUT2D eigenvalue weighted by atomic mass is 9.96. The van der Waals surface area contributed by atoms with E-state index in [1.807, 2.05) is 18.5 Å². The number of likely N-dealkylation sites (tertiary alicyclic amines) is 1. The lowest BCUT2D eigenvalue weighted by molar-refractivity contribution is 0.0804. The molecule has 0 atom stereocenters. The summed E-state index contributed by atoms with van der Waals surface area (Å²) in [5.41, 5.74) is 1.17. The minimum absolute atomic E-state index is 0.0975. The molecule has 1 aromatic carbocycles. The Kier molecular flexibility index (Phi) is 7.43. The molecule has 164 valence electrons. The van der Waals surface area contributed by atoms with Crippen LogP contribution in [0.3, 0.4) is 0 Å². The van der Waals surface area contributed by atoms with Crippen LogP contribution >= 0.6 is 23.2 Å². The highest BCUT2D eigenvalue weighted by atomic mass is 35.5. The Morgan fingerprint density at radius 1 is 1.10 bits per heavy atom. The van der Waals surface area contributed by atoms with E-state index in [-0.39, 0.29) is 11.8 Å². The lowest BCUT2D eigenvalue weighted by Crippen LogP contribution is -2.35. The van der Waals surface area contributed by atoms with E-state index in [2.05, 4.69) is 14.9 Å². The molecule has 2 aromatic rings. The Labute approximate surface area is 192 Å². The molecule has 3 heterocycles. The van der Waals surface area contributed by atoms with Crippen molar-refractivity contribution >= 4 is 29.1 Å². The second-order valence-electron chi connectivity index (χ2n) is 7.89. The average Bonchev–Trinajstić information content (AvgIpc) is 2.93. The van der Waals surface area contributed by atoms with Gasteiger partial charge < -0.3 is 14.5 Å². The number of alkyl halides is 1. The van der Waals surface area contributed by atoms with Gasteiger partial charge in [-0.15, -0.1) is 11.6 Å². The van der Waals surface area contributed by atoms with Crippen molar-refractivity contribution in [2.45, 2.75) is 31.6 Å². The van der Waals surface area contributed by atoms with Gasteiger partial charge in [0.1, 0.15) is 17.8 Å². The number of amides is 1. The summed E-state index contributed by atoms with van der Waals surface area (Å²) >= 11 is 12.1. The van der Waals surface area contributed by atoms with Crippen LogP contribution in [0.15, 0.2) is 48.6 Å². The highest BCUT2D eigenvalue weighted by molar-refractivity contribution is 6.30. The zero-order valence-corrected chi connectivity index (χ0v) is 18.9. The molecule has 8 heteroatoms. The van der Waals surface area contributed by atoms with Crippen molar-refractivity contribution in [3.05, 3.63) is 65.0 Å². The molecule has 1 amide bonds. The van der Waals surface area contributed by atoms with Gasteiger partial charge in [0.2, 0.25) is 0 Å².